The highest BCUT2D eigenvalue weighted by Crippen LogP contribution is 2.26. The third kappa shape index (κ3) is 4.55. The molecule has 24 heavy (non-hydrogen) atoms. The number of likely N-dealkylation sites (tertiary alicyclic amines) is 2. The number of carbonyl (C=O) groups excluding carboxylic acids is 1. The summed E-state index contributed by atoms with van der Waals surface area (Å²) in [7, 11) is -3.53. The fourth-order valence-corrected chi connectivity index (χ4v) is 4.75. The van der Waals surface area contributed by atoms with E-state index in [1.807, 2.05) is 23.1 Å². The summed E-state index contributed by atoms with van der Waals surface area (Å²) in [5.74, 6) is -0.206. The van der Waals surface area contributed by atoms with E-state index in [-0.39, 0.29) is 23.6 Å². The lowest BCUT2D eigenvalue weighted by molar-refractivity contribution is -0.130. The molecule has 3 rings (SSSR count). The lowest BCUT2D eigenvalue weighted by atomic mass is 10.0. The summed E-state index contributed by atoms with van der Waals surface area (Å²) < 4.78 is 22.5. The van der Waals surface area contributed by atoms with Crippen LogP contribution in [0.25, 0.3) is 0 Å². The normalized spacial score (nSPS) is 26.0. The Bertz CT molecular complexity index is 678. The molecular formula is C17H25N3O3S. The topological polar surface area (TPSA) is 83.7 Å². The van der Waals surface area contributed by atoms with E-state index in [1.165, 1.54) is 5.56 Å². The van der Waals surface area contributed by atoms with E-state index >= 15 is 0 Å². The number of hydrogen-bond donors (Lipinski definition) is 1. The van der Waals surface area contributed by atoms with Crippen LogP contribution in [0.1, 0.15) is 24.8 Å². The summed E-state index contributed by atoms with van der Waals surface area (Å²) in [6.45, 7) is 3.29. The molecule has 2 aliphatic rings. The Morgan fingerprint density at radius 3 is 2.62 bits per heavy atom. The number of rotatable bonds is 5. The van der Waals surface area contributed by atoms with Gasteiger partial charge in [-0.25, -0.2) is 13.6 Å². The van der Waals surface area contributed by atoms with Crippen LogP contribution in [-0.4, -0.2) is 55.6 Å². The summed E-state index contributed by atoms with van der Waals surface area (Å²) in [6, 6.07) is 10.5. The molecule has 6 nitrogen and oxygen atoms in total. The van der Waals surface area contributed by atoms with Crippen molar-refractivity contribution in [2.75, 3.05) is 25.4 Å². The molecule has 0 spiro atoms. The maximum absolute atomic E-state index is 12.3. The predicted octanol–water partition coefficient (Wildman–Crippen LogP) is 0.788. The van der Waals surface area contributed by atoms with Crippen LogP contribution in [0, 0.1) is 5.92 Å². The Balaban J connectivity index is 1.59. The van der Waals surface area contributed by atoms with Gasteiger partial charge in [0.15, 0.2) is 0 Å². The zero-order valence-corrected chi connectivity index (χ0v) is 14.6. The number of sulfonamides is 1. The van der Waals surface area contributed by atoms with E-state index in [2.05, 4.69) is 17.0 Å². The number of hydrogen-bond acceptors (Lipinski definition) is 4. The van der Waals surface area contributed by atoms with E-state index in [9.17, 15) is 13.2 Å². The number of amides is 1. The number of nitrogens with two attached hydrogens (primary N) is 1. The van der Waals surface area contributed by atoms with Gasteiger partial charge in [-0.05, 0) is 24.9 Å². The van der Waals surface area contributed by atoms with E-state index in [0.29, 0.717) is 13.0 Å². The van der Waals surface area contributed by atoms with Crippen LogP contribution in [0.2, 0.25) is 0 Å². The Kier molecular flexibility index (Phi) is 5.22. The average Bonchev–Trinajstić information content (AvgIpc) is 2.87. The van der Waals surface area contributed by atoms with Crippen LogP contribution < -0.4 is 5.14 Å². The number of carbonyl (C=O) groups is 1. The van der Waals surface area contributed by atoms with Gasteiger partial charge >= 0.3 is 0 Å². The van der Waals surface area contributed by atoms with Gasteiger partial charge in [0.1, 0.15) is 0 Å². The molecule has 2 aliphatic heterocycles. The molecule has 132 valence electrons. The maximum atomic E-state index is 12.3. The molecule has 0 saturated carbocycles. The summed E-state index contributed by atoms with van der Waals surface area (Å²) in [5, 5.41) is 5.13. The van der Waals surface area contributed by atoms with E-state index in [1.54, 1.807) is 0 Å². The Labute approximate surface area is 143 Å². The predicted molar refractivity (Wildman–Crippen MR) is 92.5 cm³/mol. The minimum absolute atomic E-state index is 0.0650. The second kappa shape index (κ2) is 7.21. The quantitative estimate of drug-likeness (QED) is 0.850. The van der Waals surface area contributed by atoms with Gasteiger partial charge in [0.05, 0.1) is 5.75 Å². The van der Waals surface area contributed by atoms with Crippen LogP contribution in [0.15, 0.2) is 30.3 Å². The first-order valence-corrected chi connectivity index (χ1v) is 10.2. The van der Waals surface area contributed by atoms with Crippen LogP contribution in [0.5, 0.6) is 0 Å². The SMILES string of the molecule is NS(=O)(=O)CC1CC(=O)N(C2CCCN(Cc3ccccc3)C2)C1. The molecule has 2 unspecified atom stereocenters. The van der Waals surface area contributed by atoms with Crippen LogP contribution in [-0.2, 0) is 21.4 Å². The molecule has 2 N–H and O–H groups in total. The van der Waals surface area contributed by atoms with Gasteiger partial charge in [0.2, 0.25) is 15.9 Å². The molecule has 7 heteroatoms. The van der Waals surface area contributed by atoms with Crippen molar-refractivity contribution in [2.45, 2.75) is 31.8 Å². The van der Waals surface area contributed by atoms with Crippen molar-refractivity contribution in [1.82, 2.24) is 9.80 Å². The smallest absolute Gasteiger partial charge is 0.223 e. The van der Waals surface area contributed by atoms with Crippen molar-refractivity contribution >= 4 is 15.9 Å². The zero-order valence-electron chi connectivity index (χ0n) is 13.8. The fraction of sp³-hybridized carbons (Fsp3) is 0.588. The summed E-state index contributed by atoms with van der Waals surface area (Å²) in [4.78, 5) is 16.6. The van der Waals surface area contributed by atoms with Gasteiger partial charge in [0, 0.05) is 38.0 Å². The Morgan fingerprint density at radius 2 is 1.92 bits per heavy atom. The highest BCUT2D eigenvalue weighted by atomic mass is 32.2. The molecule has 1 amide bonds. The molecular weight excluding hydrogens is 326 g/mol. The first-order valence-electron chi connectivity index (χ1n) is 8.47. The molecule has 2 heterocycles. The first kappa shape index (κ1) is 17.4. The van der Waals surface area contributed by atoms with Crippen LogP contribution in [0.4, 0.5) is 0 Å². The van der Waals surface area contributed by atoms with Crippen molar-refractivity contribution in [2.24, 2.45) is 11.1 Å². The third-order valence-corrected chi connectivity index (χ3v) is 5.81. The lowest BCUT2D eigenvalue weighted by Crippen LogP contribution is -2.48. The number of benzene rings is 1. The maximum Gasteiger partial charge on any atom is 0.223 e. The molecule has 2 saturated heterocycles. The second-order valence-electron chi connectivity index (χ2n) is 6.96. The lowest BCUT2D eigenvalue weighted by Gasteiger charge is -2.37. The minimum atomic E-state index is -3.53. The highest BCUT2D eigenvalue weighted by molar-refractivity contribution is 7.89. The van der Waals surface area contributed by atoms with Gasteiger partial charge in [-0.2, -0.15) is 0 Å². The highest BCUT2D eigenvalue weighted by Gasteiger charge is 2.37. The average molecular weight is 351 g/mol. The largest absolute Gasteiger partial charge is 0.338 e. The molecule has 0 aromatic heterocycles. The van der Waals surface area contributed by atoms with Crippen molar-refractivity contribution in [3.63, 3.8) is 0 Å². The minimum Gasteiger partial charge on any atom is -0.338 e. The first-order chi connectivity index (χ1) is 11.4. The molecule has 1 aromatic carbocycles. The van der Waals surface area contributed by atoms with Gasteiger partial charge in [0.25, 0.3) is 0 Å². The number of nitrogens with zero attached hydrogens (tertiary/aromatic N) is 2. The van der Waals surface area contributed by atoms with Crippen molar-refractivity contribution < 1.29 is 13.2 Å². The molecule has 2 atom stereocenters. The van der Waals surface area contributed by atoms with E-state index in [0.717, 1.165) is 32.5 Å². The van der Waals surface area contributed by atoms with Gasteiger partial charge in [-0.3, -0.25) is 9.69 Å². The Hall–Kier alpha value is -1.44. The summed E-state index contributed by atoms with van der Waals surface area (Å²) in [5.41, 5.74) is 1.28. The summed E-state index contributed by atoms with van der Waals surface area (Å²) >= 11 is 0. The fourth-order valence-electron chi connectivity index (χ4n) is 3.87. The van der Waals surface area contributed by atoms with Crippen molar-refractivity contribution in [3.8, 4) is 0 Å². The zero-order chi connectivity index (χ0) is 17.2. The second-order valence-corrected chi connectivity index (χ2v) is 8.62. The monoisotopic (exact) mass is 351 g/mol. The molecule has 0 bridgehead atoms. The van der Waals surface area contributed by atoms with Crippen LogP contribution >= 0.6 is 0 Å². The van der Waals surface area contributed by atoms with E-state index < -0.39 is 10.0 Å². The van der Waals surface area contributed by atoms with E-state index in [4.69, 9.17) is 5.14 Å². The number of piperidine rings is 1. The molecule has 1 aromatic rings. The summed E-state index contributed by atoms with van der Waals surface area (Å²) in [6.07, 6.45) is 2.34. The molecule has 0 aliphatic carbocycles. The van der Waals surface area contributed by atoms with Gasteiger partial charge < -0.3 is 4.90 Å². The standard InChI is InChI=1S/C17H25N3O3S/c18-24(22,23)13-15-9-17(21)20(11-15)16-7-4-8-19(12-16)10-14-5-2-1-3-6-14/h1-3,5-6,15-16H,4,7-13H2,(H2,18,22,23). The van der Waals surface area contributed by atoms with Crippen LogP contribution in [0.3, 0.4) is 0 Å². The van der Waals surface area contributed by atoms with Gasteiger partial charge in [-0.1, -0.05) is 30.3 Å². The van der Waals surface area contributed by atoms with Gasteiger partial charge in [-0.15, -0.1) is 0 Å². The molecule has 2 fully saturated rings. The van der Waals surface area contributed by atoms with Crippen molar-refractivity contribution in [3.05, 3.63) is 35.9 Å². The Morgan fingerprint density at radius 1 is 1.17 bits per heavy atom. The third-order valence-electron chi connectivity index (χ3n) is 4.88. The molecule has 0 radical (unpaired) electrons. The number of primary sulfonamides is 1. The van der Waals surface area contributed by atoms with Crippen molar-refractivity contribution in [1.29, 1.82) is 0 Å².